The number of halogens is 2. The number of amides is 1. The van der Waals surface area contributed by atoms with Crippen LogP contribution in [0.1, 0.15) is 70.1 Å². The van der Waals surface area contributed by atoms with Crippen molar-refractivity contribution in [2.45, 2.75) is 77.1 Å². The van der Waals surface area contributed by atoms with Crippen molar-refractivity contribution in [1.29, 1.82) is 0 Å². The van der Waals surface area contributed by atoms with Crippen molar-refractivity contribution in [1.82, 2.24) is 10.1 Å². The fourth-order valence-electron chi connectivity index (χ4n) is 3.99. The lowest BCUT2D eigenvalue weighted by Gasteiger charge is -2.26. The molecule has 1 amide bonds. The average Bonchev–Trinajstić information content (AvgIpc) is 3.50. The highest BCUT2D eigenvalue weighted by Gasteiger charge is 2.34. The zero-order chi connectivity index (χ0) is 22.9. The molecule has 1 aromatic carbocycles. The highest BCUT2D eigenvalue weighted by molar-refractivity contribution is 5.68. The SMILES string of the molecule is CC(C)(C)OC(=O)N1CCCC(OCc2c(-c3c(F)cccc3F)noc2C2CC2)CC1. The molecule has 1 aliphatic heterocycles. The van der Waals surface area contributed by atoms with Gasteiger partial charge in [-0.1, -0.05) is 11.2 Å². The van der Waals surface area contributed by atoms with Crippen molar-refractivity contribution in [2.24, 2.45) is 0 Å². The monoisotopic (exact) mass is 448 g/mol. The number of likely N-dealkylation sites (tertiary alicyclic amines) is 1. The first-order chi connectivity index (χ1) is 15.2. The highest BCUT2D eigenvalue weighted by Crippen LogP contribution is 2.45. The zero-order valence-corrected chi connectivity index (χ0v) is 18.8. The maximum atomic E-state index is 14.4. The summed E-state index contributed by atoms with van der Waals surface area (Å²) in [6.45, 7) is 6.85. The van der Waals surface area contributed by atoms with E-state index in [1.807, 2.05) is 20.8 Å². The van der Waals surface area contributed by atoms with Crippen LogP contribution in [-0.4, -0.2) is 40.9 Å². The molecular weight excluding hydrogens is 418 g/mol. The summed E-state index contributed by atoms with van der Waals surface area (Å²) < 4.78 is 46.0. The van der Waals surface area contributed by atoms with Crippen molar-refractivity contribution in [3.05, 3.63) is 41.2 Å². The lowest BCUT2D eigenvalue weighted by atomic mass is 10.0. The molecule has 1 aliphatic carbocycles. The van der Waals surface area contributed by atoms with Crippen molar-refractivity contribution >= 4 is 6.09 Å². The van der Waals surface area contributed by atoms with Gasteiger partial charge in [-0.3, -0.25) is 0 Å². The molecule has 2 aromatic rings. The summed E-state index contributed by atoms with van der Waals surface area (Å²) in [6, 6.07) is 3.75. The van der Waals surface area contributed by atoms with E-state index in [0.717, 1.165) is 25.7 Å². The third kappa shape index (κ3) is 5.28. The molecule has 2 aliphatic rings. The van der Waals surface area contributed by atoms with Gasteiger partial charge >= 0.3 is 6.09 Å². The van der Waals surface area contributed by atoms with Crippen LogP contribution in [-0.2, 0) is 16.1 Å². The maximum absolute atomic E-state index is 14.4. The predicted molar refractivity (Wildman–Crippen MR) is 114 cm³/mol. The molecule has 1 saturated carbocycles. The van der Waals surface area contributed by atoms with Crippen LogP contribution in [0.3, 0.4) is 0 Å². The topological polar surface area (TPSA) is 64.8 Å². The minimum atomic E-state index is -0.677. The van der Waals surface area contributed by atoms with Gasteiger partial charge in [0.25, 0.3) is 0 Å². The van der Waals surface area contributed by atoms with Gasteiger partial charge < -0.3 is 18.9 Å². The second-order valence-electron chi connectivity index (χ2n) is 9.58. The molecule has 0 spiro atoms. The first-order valence-electron chi connectivity index (χ1n) is 11.3. The number of ether oxygens (including phenoxy) is 2. The first-order valence-corrected chi connectivity index (χ1v) is 11.3. The molecule has 1 saturated heterocycles. The molecule has 2 heterocycles. The Morgan fingerprint density at radius 2 is 1.88 bits per heavy atom. The van der Waals surface area contributed by atoms with Gasteiger partial charge in [0.05, 0.1) is 18.3 Å². The van der Waals surface area contributed by atoms with Crippen LogP contribution in [0.4, 0.5) is 13.6 Å². The van der Waals surface area contributed by atoms with Crippen LogP contribution < -0.4 is 0 Å². The maximum Gasteiger partial charge on any atom is 0.410 e. The van der Waals surface area contributed by atoms with E-state index in [1.165, 1.54) is 18.2 Å². The Morgan fingerprint density at radius 3 is 2.53 bits per heavy atom. The summed E-state index contributed by atoms with van der Waals surface area (Å²) in [4.78, 5) is 14.1. The molecule has 1 aromatic heterocycles. The van der Waals surface area contributed by atoms with Crippen LogP contribution in [0.15, 0.2) is 22.7 Å². The molecule has 174 valence electrons. The van der Waals surface area contributed by atoms with Gasteiger partial charge in [-0.15, -0.1) is 0 Å². The molecule has 8 heteroatoms. The Morgan fingerprint density at radius 1 is 1.16 bits per heavy atom. The summed E-state index contributed by atoms with van der Waals surface area (Å²) in [5, 5.41) is 4.02. The average molecular weight is 449 g/mol. The van der Waals surface area contributed by atoms with E-state index >= 15 is 0 Å². The molecule has 4 rings (SSSR count). The van der Waals surface area contributed by atoms with Gasteiger partial charge in [-0.2, -0.15) is 0 Å². The van der Waals surface area contributed by atoms with Gasteiger partial charge in [-0.25, -0.2) is 13.6 Å². The van der Waals surface area contributed by atoms with E-state index in [-0.39, 0.29) is 36.0 Å². The number of carbonyl (C=O) groups is 1. The number of benzene rings is 1. The normalized spacial score (nSPS) is 19.7. The molecule has 0 radical (unpaired) electrons. The summed E-state index contributed by atoms with van der Waals surface area (Å²) in [7, 11) is 0. The summed E-state index contributed by atoms with van der Waals surface area (Å²) in [6.07, 6.45) is 3.77. The second kappa shape index (κ2) is 9.17. The molecule has 2 fully saturated rings. The number of aromatic nitrogens is 1. The van der Waals surface area contributed by atoms with Crippen LogP contribution in [0.25, 0.3) is 11.3 Å². The molecule has 0 N–H and O–H groups in total. The summed E-state index contributed by atoms with van der Waals surface area (Å²) >= 11 is 0. The fraction of sp³-hybridized carbons (Fsp3) is 0.583. The molecule has 1 atom stereocenters. The Hall–Kier alpha value is -2.48. The number of nitrogens with zero attached hydrogens (tertiary/aromatic N) is 2. The zero-order valence-electron chi connectivity index (χ0n) is 18.8. The van der Waals surface area contributed by atoms with E-state index in [4.69, 9.17) is 14.0 Å². The Kier molecular flexibility index (Phi) is 6.51. The third-order valence-electron chi connectivity index (χ3n) is 5.76. The van der Waals surface area contributed by atoms with Gasteiger partial charge in [0, 0.05) is 24.6 Å². The van der Waals surface area contributed by atoms with Gasteiger partial charge in [0.1, 0.15) is 28.7 Å². The summed E-state index contributed by atoms with van der Waals surface area (Å²) in [5.41, 5.74) is 0.0699. The molecule has 6 nitrogen and oxygen atoms in total. The van der Waals surface area contributed by atoms with Gasteiger partial charge in [-0.05, 0) is 65.0 Å². The van der Waals surface area contributed by atoms with Gasteiger partial charge in [0.2, 0.25) is 0 Å². The van der Waals surface area contributed by atoms with Crippen LogP contribution in [0.2, 0.25) is 0 Å². The Labute approximate surface area is 186 Å². The van der Waals surface area contributed by atoms with E-state index in [0.29, 0.717) is 30.8 Å². The van der Waals surface area contributed by atoms with E-state index in [9.17, 15) is 13.6 Å². The molecular formula is C24H30F2N2O4. The van der Waals surface area contributed by atoms with Crippen molar-refractivity contribution in [2.75, 3.05) is 13.1 Å². The lowest BCUT2D eigenvalue weighted by Crippen LogP contribution is -2.37. The van der Waals surface area contributed by atoms with Crippen molar-refractivity contribution in [3.8, 4) is 11.3 Å². The van der Waals surface area contributed by atoms with Crippen LogP contribution in [0.5, 0.6) is 0 Å². The van der Waals surface area contributed by atoms with Crippen LogP contribution >= 0.6 is 0 Å². The molecule has 0 bridgehead atoms. The minimum absolute atomic E-state index is 0.0808. The van der Waals surface area contributed by atoms with Crippen molar-refractivity contribution < 1.29 is 27.6 Å². The third-order valence-corrected chi connectivity index (χ3v) is 5.76. The Balaban J connectivity index is 1.45. The number of rotatable bonds is 5. The van der Waals surface area contributed by atoms with E-state index in [1.54, 1.807) is 4.90 Å². The Bertz CT molecular complexity index is 945. The standard InChI is InChI=1S/C24H30F2N2O4/c1-24(2,3)31-23(29)28-12-5-6-16(11-13-28)30-14-17-21(27-32-22(17)15-9-10-15)20-18(25)7-4-8-19(20)26/h4,7-8,15-16H,5-6,9-14H2,1-3H3. The fourth-order valence-corrected chi connectivity index (χ4v) is 3.99. The molecule has 32 heavy (non-hydrogen) atoms. The predicted octanol–water partition coefficient (Wildman–Crippen LogP) is 5.80. The highest BCUT2D eigenvalue weighted by atomic mass is 19.1. The minimum Gasteiger partial charge on any atom is -0.444 e. The van der Waals surface area contributed by atoms with E-state index < -0.39 is 17.2 Å². The second-order valence-corrected chi connectivity index (χ2v) is 9.58. The molecule has 1 unspecified atom stereocenters. The summed E-state index contributed by atoms with van der Waals surface area (Å²) in [5.74, 6) is -0.470. The lowest BCUT2D eigenvalue weighted by molar-refractivity contribution is 0.0191. The largest absolute Gasteiger partial charge is 0.444 e. The van der Waals surface area contributed by atoms with Crippen molar-refractivity contribution in [3.63, 3.8) is 0 Å². The quantitative estimate of drug-likeness (QED) is 0.578. The van der Waals surface area contributed by atoms with Gasteiger partial charge in [0.15, 0.2) is 0 Å². The number of hydrogen-bond donors (Lipinski definition) is 0. The van der Waals surface area contributed by atoms with E-state index in [2.05, 4.69) is 5.16 Å². The van der Waals surface area contributed by atoms with Crippen LogP contribution in [0, 0.1) is 11.6 Å². The number of carbonyl (C=O) groups excluding carboxylic acids is 1. The first kappa shape index (κ1) is 22.7. The smallest absolute Gasteiger partial charge is 0.410 e. The number of hydrogen-bond acceptors (Lipinski definition) is 5.